The minimum Gasteiger partial charge on any atom is -0.404 e. The lowest BCUT2D eigenvalue weighted by Gasteiger charge is -2.12. The molecular formula is C13H9F4NO. The molecule has 0 aromatic heterocycles. The molecule has 19 heavy (non-hydrogen) atoms. The van der Waals surface area contributed by atoms with Gasteiger partial charge in [-0.15, -0.1) is 13.2 Å². The van der Waals surface area contributed by atoms with E-state index in [1.807, 2.05) is 0 Å². The number of ether oxygens (including phenoxy) is 1. The summed E-state index contributed by atoms with van der Waals surface area (Å²) in [6, 6.07) is 9.39. The lowest BCUT2D eigenvalue weighted by molar-refractivity contribution is -0.274. The molecule has 0 fully saturated rings. The summed E-state index contributed by atoms with van der Waals surface area (Å²) in [5.41, 5.74) is 6.08. The van der Waals surface area contributed by atoms with Crippen molar-refractivity contribution in [3.05, 3.63) is 48.3 Å². The maximum absolute atomic E-state index is 13.1. The number of benzene rings is 2. The molecule has 2 rings (SSSR count). The first kappa shape index (κ1) is 13.2. The van der Waals surface area contributed by atoms with Gasteiger partial charge in [-0.1, -0.05) is 18.2 Å². The molecule has 0 amide bonds. The third-order valence-corrected chi connectivity index (χ3v) is 2.40. The molecule has 0 aliphatic carbocycles. The molecule has 0 aliphatic rings. The van der Waals surface area contributed by atoms with Crippen LogP contribution in [0.25, 0.3) is 11.1 Å². The van der Waals surface area contributed by atoms with E-state index in [0.717, 1.165) is 6.07 Å². The second-order valence-corrected chi connectivity index (χ2v) is 3.81. The van der Waals surface area contributed by atoms with Crippen molar-refractivity contribution in [1.29, 1.82) is 0 Å². The zero-order chi connectivity index (χ0) is 14.0. The fourth-order valence-electron chi connectivity index (χ4n) is 1.60. The number of alkyl halides is 3. The van der Waals surface area contributed by atoms with Crippen LogP contribution in [0.1, 0.15) is 0 Å². The molecule has 0 saturated carbocycles. The smallest absolute Gasteiger partial charge is 0.404 e. The molecule has 0 unspecified atom stereocenters. The summed E-state index contributed by atoms with van der Waals surface area (Å²) in [6.45, 7) is 0. The molecule has 2 N–H and O–H groups in total. The molecule has 0 radical (unpaired) electrons. The lowest BCUT2D eigenvalue weighted by Crippen LogP contribution is -2.18. The number of rotatable bonds is 2. The van der Waals surface area contributed by atoms with Gasteiger partial charge in [0.05, 0.1) is 5.69 Å². The molecule has 0 atom stereocenters. The number of nitrogen functional groups attached to an aromatic ring is 1. The molecular weight excluding hydrogens is 262 g/mol. The van der Waals surface area contributed by atoms with Crippen molar-refractivity contribution in [3.8, 4) is 16.9 Å². The van der Waals surface area contributed by atoms with E-state index in [4.69, 9.17) is 5.73 Å². The Morgan fingerprint density at radius 3 is 2.26 bits per heavy atom. The molecule has 0 aliphatic heterocycles. The Hall–Kier alpha value is -2.24. The molecule has 2 nitrogen and oxygen atoms in total. The summed E-state index contributed by atoms with van der Waals surface area (Å²) >= 11 is 0. The van der Waals surface area contributed by atoms with Crippen LogP contribution in [0.5, 0.6) is 5.75 Å². The molecule has 0 bridgehead atoms. The van der Waals surface area contributed by atoms with Gasteiger partial charge >= 0.3 is 6.36 Å². The van der Waals surface area contributed by atoms with Crippen LogP contribution in [-0.4, -0.2) is 6.36 Å². The lowest BCUT2D eigenvalue weighted by atomic mass is 10.0. The van der Waals surface area contributed by atoms with Crippen molar-refractivity contribution in [2.45, 2.75) is 6.36 Å². The highest BCUT2D eigenvalue weighted by Gasteiger charge is 2.32. The summed E-state index contributed by atoms with van der Waals surface area (Å²) in [4.78, 5) is 0. The predicted molar refractivity (Wildman–Crippen MR) is 62.9 cm³/mol. The standard InChI is InChI=1S/C13H9F4NO/c14-10-3-1-2-8(6-10)9-4-5-11(18)12(7-9)19-13(15,16)17/h1-7H,18H2. The topological polar surface area (TPSA) is 35.2 Å². The summed E-state index contributed by atoms with van der Waals surface area (Å²) in [6.07, 6.45) is -4.82. The largest absolute Gasteiger partial charge is 0.573 e. The van der Waals surface area contributed by atoms with Crippen molar-refractivity contribution < 1.29 is 22.3 Å². The summed E-state index contributed by atoms with van der Waals surface area (Å²) in [5.74, 6) is -0.984. The molecule has 100 valence electrons. The second-order valence-electron chi connectivity index (χ2n) is 3.81. The molecule has 0 saturated heterocycles. The monoisotopic (exact) mass is 271 g/mol. The Kier molecular flexibility index (Phi) is 3.33. The Bertz CT molecular complexity index is 595. The van der Waals surface area contributed by atoms with Crippen LogP contribution in [0.4, 0.5) is 23.2 Å². The Labute approximate surface area is 106 Å². The predicted octanol–water partition coefficient (Wildman–Crippen LogP) is 3.97. The van der Waals surface area contributed by atoms with Gasteiger partial charge in [0.1, 0.15) is 5.82 Å². The van der Waals surface area contributed by atoms with Crippen molar-refractivity contribution in [3.63, 3.8) is 0 Å². The maximum atomic E-state index is 13.1. The van der Waals surface area contributed by atoms with Crippen LogP contribution < -0.4 is 10.5 Å². The van der Waals surface area contributed by atoms with Gasteiger partial charge in [0.25, 0.3) is 0 Å². The van der Waals surface area contributed by atoms with Gasteiger partial charge in [-0.25, -0.2) is 4.39 Å². The van der Waals surface area contributed by atoms with Gasteiger partial charge in [-0.05, 0) is 35.4 Å². The third kappa shape index (κ3) is 3.37. The van der Waals surface area contributed by atoms with Gasteiger partial charge < -0.3 is 10.5 Å². The van der Waals surface area contributed by atoms with Crippen molar-refractivity contribution in [2.75, 3.05) is 5.73 Å². The highest BCUT2D eigenvalue weighted by molar-refractivity contribution is 5.69. The summed E-state index contributed by atoms with van der Waals surface area (Å²) in [5, 5.41) is 0. The fraction of sp³-hybridized carbons (Fsp3) is 0.0769. The zero-order valence-electron chi connectivity index (χ0n) is 9.54. The first-order valence-corrected chi connectivity index (χ1v) is 5.26. The van der Waals surface area contributed by atoms with Gasteiger partial charge in [-0.3, -0.25) is 0 Å². The van der Waals surface area contributed by atoms with E-state index in [2.05, 4.69) is 4.74 Å². The minimum atomic E-state index is -4.82. The van der Waals surface area contributed by atoms with E-state index in [1.54, 1.807) is 6.07 Å². The van der Waals surface area contributed by atoms with Gasteiger partial charge in [0.2, 0.25) is 0 Å². The van der Waals surface area contributed by atoms with Crippen molar-refractivity contribution in [2.24, 2.45) is 0 Å². The maximum Gasteiger partial charge on any atom is 0.573 e. The zero-order valence-corrected chi connectivity index (χ0v) is 9.54. The van der Waals surface area contributed by atoms with E-state index >= 15 is 0 Å². The van der Waals surface area contributed by atoms with Gasteiger partial charge in [0, 0.05) is 0 Å². The Balaban J connectivity index is 2.41. The Morgan fingerprint density at radius 2 is 1.63 bits per heavy atom. The first-order chi connectivity index (χ1) is 8.85. The van der Waals surface area contributed by atoms with Gasteiger partial charge in [-0.2, -0.15) is 0 Å². The highest BCUT2D eigenvalue weighted by atomic mass is 19.4. The van der Waals surface area contributed by atoms with Crippen LogP contribution in [0.15, 0.2) is 42.5 Å². The first-order valence-electron chi connectivity index (χ1n) is 5.26. The number of nitrogens with two attached hydrogens (primary N) is 1. The summed E-state index contributed by atoms with van der Waals surface area (Å²) < 4.78 is 53.4. The molecule has 0 heterocycles. The molecule has 2 aromatic carbocycles. The molecule has 0 spiro atoms. The third-order valence-electron chi connectivity index (χ3n) is 2.40. The molecule has 2 aromatic rings. The van der Waals surface area contributed by atoms with E-state index in [-0.39, 0.29) is 5.69 Å². The van der Waals surface area contributed by atoms with Crippen LogP contribution >= 0.6 is 0 Å². The number of hydrogen-bond acceptors (Lipinski definition) is 2. The fourth-order valence-corrected chi connectivity index (χ4v) is 1.60. The van der Waals surface area contributed by atoms with E-state index in [0.29, 0.717) is 11.1 Å². The van der Waals surface area contributed by atoms with E-state index < -0.39 is 17.9 Å². The average molecular weight is 271 g/mol. The van der Waals surface area contributed by atoms with Crippen molar-refractivity contribution in [1.82, 2.24) is 0 Å². The van der Waals surface area contributed by atoms with E-state index in [9.17, 15) is 17.6 Å². The number of anilines is 1. The average Bonchev–Trinajstić information content (AvgIpc) is 2.30. The van der Waals surface area contributed by atoms with E-state index in [1.165, 1.54) is 30.3 Å². The normalized spacial score (nSPS) is 11.4. The highest BCUT2D eigenvalue weighted by Crippen LogP contribution is 2.32. The summed E-state index contributed by atoms with van der Waals surface area (Å²) in [7, 11) is 0. The SMILES string of the molecule is Nc1ccc(-c2cccc(F)c2)cc1OC(F)(F)F. The Morgan fingerprint density at radius 1 is 0.947 bits per heavy atom. The second kappa shape index (κ2) is 4.79. The van der Waals surface area contributed by atoms with Crippen LogP contribution in [-0.2, 0) is 0 Å². The number of hydrogen-bond donors (Lipinski definition) is 1. The quantitative estimate of drug-likeness (QED) is 0.662. The van der Waals surface area contributed by atoms with Crippen LogP contribution in [0.3, 0.4) is 0 Å². The minimum absolute atomic E-state index is 0.141. The van der Waals surface area contributed by atoms with Crippen LogP contribution in [0, 0.1) is 5.82 Å². The van der Waals surface area contributed by atoms with Crippen molar-refractivity contribution >= 4 is 5.69 Å². The van der Waals surface area contributed by atoms with Crippen LogP contribution in [0.2, 0.25) is 0 Å². The number of halogens is 4. The van der Waals surface area contributed by atoms with Gasteiger partial charge in [0.15, 0.2) is 5.75 Å². The molecule has 6 heteroatoms.